The predicted octanol–water partition coefficient (Wildman–Crippen LogP) is 3.41. The third kappa shape index (κ3) is 4.46. The van der Waals surface area contributed by atoms with Crippen molar-refractivity contribution in [3.05, 3.63) is 41.7 Å². The first-order chi connectivity index (χ1) is 18.0. The minimum Gasteiger partial charge on any atom is -0.390 e. The number of amides is 1. The van der Waals surface area contributed by atoms with Crippen LogP contribution in [-0.2, 0) is 6.18 Å². The molecule has 2 N–H and O–H groups in total. The van der Waals surface area contributed by atoms with Crippen LogP contribution in [0.15, 0.2) is 24.7 Å². The van der Waals surface area contributed by atoms with Gasteiger partial charge in [0.15, 0.2) is 5.82 Å². The predicted molar refractivity (Wildman–Crippen MR) is 130 cm³/mol. The van der Waals surface area contributed by atoms with Gasteiger partial charge in [-0.1, -0.05) is 0 Å². The van der Waals surface area contributed by atoms with Crippen LogP contribution in [0.5, 0.6) is 0 Å². The standard InChI is InChI=1S/C26H30F4N6O2/c1-14-13-35(22-18(26(28,29)30)11-31-12-19(22)27)4-5-36(14)24-32-3-2-20(33-24)23(37)34-21-16-6-15-7-17(21)10-25(38,8-15)9-16/h2-3,11-12,14-17,21,38H,4-10,13H2,1H3,(H,34,37)/t14-,15?,16?,17?,21?,25?/m1/s1. The summed E-state index contributed by atoms with van der Waals surface area (Å²) in [6.45, 7) is 2.27. The lowest BCUT2D eigenvalue weighted by molar-refractivity contribution is -0.137. The number of nitrogens with zero attached hydrogens (tertiary/aromatic N) is 5. The van der Waals surface area contributed by atoms with E-state index < -0.39 is 28.8 Å². The van der Waals surface area contributed by atoms with E-state index in [2.05, 4.69) is 20.3 Å². The number of hydrogen-bond donors (Lipinski definition) is 2. The number of nitrogens with one attached hydrogen (secondary N) is 1. The molecule has 7 rings (SSSR count). The number of pyridine rings is 1. The minimum atomic E-state index is -4.73. The third-order valence-corrected chi connectivity index (χ3v) is 8.79. The van der Waals surface area contributed by atoms with Gasteiger partial charge in [0.1, 0.15) is 11.3 Å². The van der Waals surface area contributed by atoms with Crippen molar-refractivity contribution in [3.8, 4) is 0 Å². The molecule has 1 saturated heterocycles. The molecule has 38 heavy (non-hydrogen) atoms. The van der Waals surface area contributed by atoms with E-state index in [-0.39, 0.29) is 55.2 Å². The molecule has 2 aromatic heterocycles. The summed E-state index contributed by atoms with van der Waals surface area (Å²) >= 11 is 0. The summed E-state index contributed by atoms with van der Waals surface area (Å²) in [6, 6.07) is 1.21. The molecule has 5 aliphatic rings. The SMILES string of the molecule is C[C@@H]1CN(c2c(F)cncc2C(F)(F)F)CCN1c1nccc(C(=O)NC2C3CC4CC2CC(O)(C4)C3)n1. The molecule has 2 unspecified atom stereocenters. The van der Waals surface area contributed by atoms with Crippen LogP contribution < -0.4 is 15.1 Å². The monoisotopic (exact) mass is 534 g/mol. The first-order valence-corrected chi connectivity index (χ1v) is 13.1. The first kappa shape index (κ1) is 25.3. The number of rotatable bonds is 4. The van der Waals surface area contributed by atoms with Crippen LogP contribution in [0.25, 0.3) is 0 Å². The van der Waals surface area contributed by atoms with Crippen LogP contribution in [0, 0.1) is 23.6 Å². The van der Waals surface area contributed by atoms with Crippen LogP contribution in [-0.4, -0.2) is 63.3 Å². The quantitative estimate of drug-likeness (QED) is 0.581. The van der Waals surface area contributed by atoms with Crippen LogP contribution in [0.3, 0.4) is 0 Å². The van der Waals surface area contributed by atoms with Gasteiger partial charge >= 0.3 is 6.18 Å². The van der Waals surface area contributed by atoms with Crippen molar-refractivity contribution in [3.63, 3.8) is 0 Å². The number of piperazine rings is 1. The number of hydrogen-bond acceptors (Lipinski definition) is 7. The number of carbonyl (C=O) groups excluding carboxylic acids is 1. The fraction of sp³-hybridized carbons (Fsp3) is 0.615. The zero-order valence-electron chi connectivity index (χ0n) is 21.0. The highest BCUT2D eigenvalue weighted by Crippen LogP contribution is 2.55. The van der Waals surface area contributed by atoms with Crippen LogP contribution in [0.4, 0.5) is 29.2 Å². The Balaban J connectivity index is 1.15. The first-order valence-electron chi connectivity index (χ1n) is 13.1. The second kappa shape index (κ2) is 9.03. The second-order valence-corrected chi connectivity index (χ2v) is 11.4. The number of anilines is 2. The lowest BCUT2D eigenvalue weighted by Crippen LogP contribution is -2.61. The Labute approximate surface area is 217 Å². The number of aromatic nitrogens is 3. The molecule has 1 amide bonds. The molecule has 8 nitrogen and oxygen atoms in total. The van der Waals surface area contributed by atoms with Crippen molar-refractivity contribution >= 4 is 17.5 Å². The Kier molecular flexibility index (Phi) is 6.00. The van der Waals surface area contributed by atoms with Crippen molar-refractivity contribution in [1.29, 1.82) is 0 Å². The number of alkyl halides is 3. The van der Waals surface area contributed by atoms with Crippen molar-refractivity contribution in [2.75, 3.05) is 29.4 Å². The molecule has 204 valence electrons. The number of aliphatic hydroxyl groups is 1. The van der Waals surface area contributed by atoms with Crippen LogP contribution >= 0.6 is 0 Å². The molecule has 0 radical (unpaired) electrons. The number of halogens is 4. The zero-order valence-corrected chi connectivity index (χ0v) is 21.0. The number of carbonyl (C=O) groups is 1. The maximum Gasteiger partial charge on any atom is 0.419 e. The molecule has 0 spiro atoms. The zero-order chi connectivity index (χ0) is 26.8. The molecular formula is C26H30F4N6O2. The molecule has 4 saturated carbocycles. The van der Waals surface area contributed by atoms with E-state index in [0.29, 0.717) is 18.1 Å². The van der Waals surface area contributed by atoms with Crippen molar-refractivity contribution in [2.24, 2.45) is 17.8 Å². The topological polar surface area (TPSA) is 94.5 Å². The Bertz CT molecular complexity index is 1230. The molecule has 1 aliphatic heterocycles. The maximum atomic E-state index is 14.5. The summed E-state index contributed by atoms with van der Waals surface area (Å²) in [4.78, 5) is 28.6. The molecule has 2 aromatic rings. The van der Waals surface area contributed by atoms with E-state index in [1.165, 1.54) is 11.1 Å². The van der Waals surface area contributed by atoms with Gasteiger partial charge in [-0.15, -0.1) is 0 Å². The fourth-order valence-corrected chi connectivity index (χ4v) is 7.47. The van der Waals surface area contributed by atoms with Crippen molar-refractivity contribution in [1.82, 2.24) is 20.3 Å². The highest BCUT2D eigenvalue weighted by molar-refractivity contribution is 5.92. The molecule has 0 aromatic carbocycles. The van der Waals surface area contributed by atoms with Gasteiger partial charge in [0, 0.05) is 44.1 Å². The molecule has 4 bridgehead atoms. The summed E-state index contributed by atoms with van der Waals surface area (Å²) in [7, 11) is 0. The molecule has 5 fully saturated rings. The Morgan fingerprint density at radius 1 is 1.16 bits per heavy atom. The maximum absolute atomic E-state index is 14.5. The average molecular weight is 535 g/mol. The third-order valence-electron chi connectivity index (χ3n) is 8.79. The van der Waals surface area contributed by atoms with Gasteiger partial charge in [-0.25, -0.2) is 14.4 Å². The van der Waals surface area contributed by atoms with E-state index in [0.717, 1.165) is 38.3 Å². The van der Waals surface area contributed by atoms with Gasteiger partial charge in [-0.2, -0.15) is 13.2 Å². The molecule has 12 heteroatoms. The minimum absolute atomic E-state index is 0.0123. The smallest absolute Gasteiger partial charge is 0.390 e. The van der Waals surface area contributed by atoms with Gasteiger partial charge in [0.05, 0.1) is 17.5 Å². The molecule has 4 aliphatic carbocycles. The van der Waals surface area contributed by atoms with E-state index in [4.69, 9.17) is 0 Å². The van der Waals surface area contributed by atoms with Crippen molar-refractivity contribution < 1.29 is 27.5 Å². The fourth-order valence-electron chi connectivity index (χ4n) is 7.47. The Hall–Kier alpha value is -3.02. The van der Waals surface area contributed by atoms with Crippen LogP contribution in [0.2, 0.25) is 0 Å². The summed E-state index contributed by atoms with van der Waals surface area (Å²) in [5, 5.41) is 14.0. The summed E-state index contributed by atoms with van der Waals surface area (Å²) < 4.78 is 55.0. The highest BCUT2D eigenvalue weighted by Gasteiger charge is 2.55. The molecular weight excluding hydrogens is 504 g/mol. The van der Waals surface area contributed by atoms with Gasteiger partial charge in [0.25, 0.3) is 5.91 Å². The van der Waals surface area contributed by atoms with E-state index >= 15 is 0 Å². The Morgan fingerprint density at radius 2 is 1.89 bits per heavy atom. The largest absolute Gasteiger partial charge is 0.419 e. The van der Waals surface area contributed by atoms with E-state index in [1.54, 1.807) is 13.0 Å². The molecule has 3 atom stereocenters. The average Bonchev–Trinajstić information content (AvgIpc) is 2.84. The second-order valence-electron chi connectivity index (χ2n) is 11.4. The summed E-state index contributed by atoms with van der Waals surface area (Å²) in [6.07, 6.45) is 2.55. The lowest BCUT2D eigenvalue weighted by Gasteiger charge is -2.58. The Morgan fingerprint density at radius 3 is 2.55 bits per heavy atom. The summed E-state index contributed by atoms with van der Waals surface area (Å²) in [5.74, 6) is 0.0460. The summed E-state index contributed by atoms with van der Waals surface area (Å²) in [5.41, 5.74) is -1.98. The van der Waals surface area contributed by atoms with Gasteiger partial charge in [0.2, 0.25) is 5.95 Å². The lowest BCUT2D eigenvalue weighted by atomic mass is 9.52. The normalized spacial score (nSPS) is 32.5. The van der Waals surface area contributed by atoms with Crippen LogP contribution in [0.1, 0.15) is 55.1 Å². The van der Waals surface area contributed by atoms with E-state index in [9.17, 15) is 27.5 Å². The van der Waals surface area contributed by atoms with Gasteiger partial charge in [-0.05, 0) is 62.8 Å². The van der Waals surface area contributed by atoms with E-state index in [1.807, 2.05) is 4.90 Å². The van der Waals surface area contributed by atoms with Gasteiger partial charge in [-0.3, -0.25) is 9.78 Å². The highest BCUT2D eigenvalue weighted by atomic mass is 19.4. The molecule has 3 heterocycles. The van der Waals surface area contributed by atoms with Crippen molar-refractivity contribution in [2.45, 2.75) is 62.9 Å². The van der Waals surface area contributed by atoms with Gasteiger partial charge < -0.3 is 20.2 Å².